The van der Waals surface area contributed by atoms with Crippen molar-refractivity contribution >= 4 is 34.4 Å². The first-order chi connectivity index (χ1) is 14.6. The SMILES string of the molecule is CNc1nccc2ccc(NC3CCC(CNc4ncc(C(N)=O)cn4)CC3)nc12. The average molecular weight is 406 g/mol. The largest absolute Gasteiger partial charge is 0.371 e. The van der Waals surface area contributed by atoms with Crippen molar-refractivity contribution in [3.05, 3.63) is 42.4 Å². The molecule has 5 N–H and O–H groups in total. The van der Waals surface area contributed by atoms with Gasteiger partial charge in [-0.1, -0.05) is 0 Å². The number of hydrogen-bond donors (Lipinski definition) is 4. The Kier molecular flexibility index (Phi) is 5.87. The molecule has 156 valence electrons. The highest BCUT2D eigenvalue weighted by Gasteiger charge is 2.21. The van der Waals surface area contributed by atoms with Crippen molar-refractivity contribution in [1.82, 2.24) is 19.9 Å². The predicted octanol–water partition coefficient (Wildman–Crippen LogP) is 2.64. The van der Waals surface area contributed by atoms with Crippen LogP contribution < -0.4 is 21.7 Å². The van der Waals surface area contributed by atoms with Gasteiger partial charge in [-0.05, 0) is 49.8 Å². The van der Waals surface area contributed by atoms with E-state index in [9.17, 15) is 4.79 Å². The summed E-state index contributed by atoms with van der Waals surface area (Å²) in [6, 6.07) is 6.48. The van der Waals surface area contributed by atoms with Crippen LogP contribution in [0.4, 0.5) is 17.6 Å². The molecule has 0 spiro atoms. The normalized spacial score (nSPS) is 18.7. The Labute approximate surface area is 174 Å². The Balaban J connectivity index is 1.28. The second kappa shape index (κ2) is 8.89. The highest BCUT2D eigenvalue weighted by molar-refractivity contribution is 5.92. The summed E-state index contributed by atoms with van der Waals surface area (Å²) in [5.41, 5.74) is 6.40. The van der Waals surface area contributed by atoms with Crippen LogP contribution in [0.3, 0.4) is 0 Å². The fourth-order valence-corrected chi connectivity index (χ4v) is 3.81. The average Bonchev–Trinajstić information content (AvgIpc) is 2.78. The summed E-state index contributed by atoms with van der Waals surface area (Å²) in [5, 5.41) is 11.0. The Hall–Kier alpha value is -3.49. The second-order valence-corrected chi connectivity index (χ2v) is 7.58. The molecule has 9 heteroatoms. The van der Waals surface area contributed by atoms with Crippen LogP contribution in [0.15, 0.2) is 36.8 Å². The number of fused-ring (bicyclic) bond motifs is 1. The standard InChI is InChI=1S/C21H26N8O/c1-23-20-18-14(8-9-24-20)4-7-17(29-18)28-16-5-2-13(3-6-16)10-25-21-26-11-15(12-27-21)19(22)30/h4,7-9,11-13,16H,2-3,5-6,10H2,1H3,(H2,22,30)(H,23,24)(H,28,29)(H,25,26,27). The fourth-order valence-electron chi connectivity index (χ4n) is 3.81. The zero-order valence-corrected chi connectivity index (χ0v) is 16.9. The summed E-state index contributed by atoms with van der Waals surface area (Å²) in [4.78, 5) is 28.5. The number of carbonyl (C=O) groups is 1. The minimum absolute atomic E-state index is 0.312. The van der Waals surface area contributed by atoms with Crippen molar-refractivity contribution in [2.45, 2.75) is 31.7 Å². The molecule has 30 heavy (non-hydrogen) atoms. The highest BCUT2D eigenvalue weighted by Crippen LogP contribution is 2.27. The van der Waals surface area contributed by atoms with E-state index in [1.54, 1.807) is 6.20 Å². The first kappa shape index (κ1) is 19.8. The molecule has 0 atom stereocenters. The maximum absolute atomic E-state index is 11.1. The molecule has 3 aromatic rings. The van der Waals surface area contributed by atoms with E-state index in [0.29, 0.717) is 23.5 Å². The summed E-state index contributed by atoms with van der Waals surface area (Å²) in [6.07, 6.45) is 9.07. The number of aromatic nitrogens is 4. The quantitative estimate of drug-likeness (QED) is 0.471. The fraction of sp³-hybridized carbons (Fsp3) is 0.381. The van der Waals surface area contributed by atoms with Gasteiger partial charge in [0.15, 0.2) is 5.82 Å². The van der Waals surface area contributed by atoms with Gasteiger partial charge in [0.25, 0.3) is 5.91 Å². The van der Waals surface area contributed by atoms with Crippen LogP contribution in [0.25, 0.3) is 10.9 Å². The van der Waals surface area contributed by atoms with Crippen LogP contribution in [0, 0.1) is 5.92 Å². The van der Waals surface area contributed by atoms with Crippen LogP contribution in [-0.4, -0.2) is 45.5 Å². The Morgan fingerprint density at radius 3 is 2.57 bits per heavy atom. The summed E-state index contributed by atoms with van der Waals surface area (Å²) in [6.45, 7) is 0.814. The number of carbonyl (C=O) groups excluding carboxylic acids is 1. The van der Waals surface area contributed by atoms with Gasteiger partial charge in [-0.2, -0.15) is 0 Å². The van der Waals surface area contributed by atoms with Gasteiger partial charge >= 0.3 is 0 Å². The van der Waals surface area contributed by atoms with Crippen molar-refractivity contribution in [2.75, 3.05) is 29.5 Å². The molecule has 0 saturated heterocycles. The van der Waals surface area contributed by atoms with Gasteiger partial charge in [0.05, 0.1) is 5.56 Å². The highest BCUT2D eigenvalue weighted by atomic mass is 16.1. The molecule has 1 amide bonds. The van der Waals surface area contributed by atoms with E-state index in [-0.39, 0.29) is 0 Å². The summed E-state index contributed by atoms with van der Waals surface area (Å²) >= 11 is 0. The van der Waals surface area contributed by atoms with Crippen molar-refractivity contribution in [1.29, 1.82) is 0 Å². The lowest BCUT2D eigenvalue weighted by Gasteiger charge is -2.29. The molecule has 3 heterocycles. The van der Waals surface area contributed by atoms with E-state index in [1.807, 2.05) is 19.2 Å². The Bertz CT molecular complexity index is 1020. The van der Waals surface area contributed by atoms with Gasteiger partial charge in [-0.3, -0.25) is 4.79 Å². The first-order valence-corrected chi connectivity index (χ1v) is 10.2. The minimum Gasteiger partial charge on any atom is -0.371 e. The molecule has 0 aromatic carbocycles. The van der Waals surface area contributed by atoms with Crippen molar-refractivity contribution in [3.63, 3.8) is 0 Å². The number of pyridine rings is 2. The van der Waals surface area contributed by atoms with Crippen LogP contribution in [0.1, 0.15) is 36.0 Å². The maximum atomic E-state index is 11.1. The minimum atomic E-state index is -0.522. The molecule has 0 bridgehead atoms. The number of primary amides is 1. The van der Waals surface area contributed by atoms with E-state index in [0.717, 1.165) is 54.8 Å². The molecule has 9 nitrogen and oxygen atoms in total. The molecule has 1 aliphatic rings. The number of nitrogens with one attached hydrogen (secondary N) is 3. The van der Waals surface area contributed by atoms with Gasteiger partial charge in [0.2, 0.25) is 5.95 Å². The lowest BCUT2D eigenvalue weighted by atomic mass is 9.86. The molecule has 0 aliphatic heterocycles. The smallest absolute Gasteiger partial charge is 0.251 e. The van der Waals surface area contributed by atoms with Crippen LogP contribution >= 0.6 is 0 Å². The first-order valence-electron chi connectivity index (χ1n) is 10.2. The predicted molar refractivity (Wildman–Crippen MR) is 117 cm³/mol. The summed E-state index contributed by atoms with van der Waals surface area (Å²) in [5.74, 6) is 2.24. The Morgan fingerprint density at radius 2 is 1.87 bits per heavy atom. The molecule has 1 saturated carbocycles. The molecule has 0 unspecified atom stereocenters. The number of nitrogens with zero attached hydrogens (tertiary/aromatic N) is 4. The van der Waals surface area contributed by atoms with Gasteiger partial charge in [-0.25, -0.2) is 19.9 Å². The van der Waals surface area contributed by atoms with Crippen molar-refractivity contribution < 1.29 is 4.79 Å². The second-order valence-electron chi connectivity index (χ2n) is 7.58. The van der Waals surface area contributed by atoms with Crippen LogP contribution in [0.5, 0.6) is 0 Å². The Morgan fingerprint density at radius 1 is 1.10 bits per heavy atom. The zero-order chi connectivity index (χ0) is 20.9. The molecular weight excluding hydrogens is 380 g/mol. The van der Waals surface area contributed by atoms with Gasteiger partial charge in [0.1, 0.15) is 11.3 Å². The monoisotopic (exact) mass is 406 g/mol. The van der Waals surface area contributed by atoms with Crippen molar-refractivity contribution in [2.24, 2.45) is 11.7 Å². The number of hydrogen-bond acceptors (Lipinski definition) is 8. The molecule has 0 radical (unpaired) electrons. The van der Waals surface area contributed by atoms with E-state index >= 15 is 0 Å². The number of rotatable bonds is 7. The lowest BCUT2D eigenvalue weighted by Crippen LogP contribution is -2.29. The van der Waals surface area contributed by atoms with Crippen molar-refractivity contribution in [3.8, 4) is 0 Å². The van der Waals surface area contributed by atoms with Gasteiger partial charge in [0, 0.05) is 43.6 Å². The van der Waals surface area contributed by atoms with Crippen LogP contribution in [0.2, 0.25) is 0 Å². The van der Waals surface area contributed by atoms with E-state index < -0.39 is 5.91 Å². The number of nitrogens with two attached hydrogens (primary N) is 1. The molecule has 1 aliphatic carbocycles. The number of amides is 1. The molecule has 4 rings (SSSR count). The topological polar surface area (TPSA) is 131 Å². The third-order valence-electron chi connectivity index (χ3n) is 5.53. The molecule has 1 fully saturated rings. The van der Waals surface area contributed by atoms with Gasteiger partial charge < -0.3 is 21.7 Å². The zero-order valence-electron chi connectivity index (χ0n) is 16.9. The molecule has 3 aromatic heterocycles. The molecular formula is C21H26N8O. The van der Waals surface area contributed by atoms with E-state index in [1.165, 1.54) is 12.4 Å². The summed E-state index contributed by atoms with van der Waals surface area (Å²) < 4.78 is 0. The van der Waals surface area contributed by atoms with E-state index in [4.69, 9.17) is 10.7 Å². The maximum Gasteiger partial charge on any atom is 0.251 e. The van der Waals surface area contributed by atoms with Crippen LogP contribution in [-0.2, 0) is 0 Å². The third kappa shape index (κ3) is 4.56. The van der Waals surface area contributed by atoms with Gasteiger partial charge in [-0.15, -0.1) is 0 Å². The van der Waals surface area contributed by atoms with E-state index in [2.05, 4.69) is 37.0 Å². The third-order valence-corrected chi connectivity index (χ3v) is 5.53. The summed E-state index contributed by atoms with van der Waals surface area (Å²) in [7, 11) is 1.86. The lowest BCUT2D eigenvalue weighted by molar-refractivity contribution is 0.0999. The number of anilines is 3.